The van der Waals surface area contributed by atoms with Crippen molar-refractivity contribution in [3.05, 3.63) is 84.1 Å². The highest BCUT2D eigenvalue weighted by Crippen LogP contribution is 2.30. The van der Waals surface area contributed by atoms with Gasteiger partial charge in [-0.25, -0.2) is 21.6 Å². The molecular weight excluding hydrogens is 633 g/mol. The summed E-state index contributed by atoms with van der Waals surface area (Å²) in [6, 6.07) is 20.1. The summed E-state index contributed by atoms with van der Waals surface area (Å²) in [5.74, 6) is -0.505. The maximum atomic E-state index is 13.5. The van der Waals surface area contributed by atoms with E-state index in [1.807, 2.05) is 24.3 Å². The lowest BCUT2D eigenvalue weighted by Gasteiger charge is -2.31. The van der Waals surface area contributed by atoms with E-state index in [2.05, 4.69) is 10.0 Å². The van der Waals surface area contributed by atoms with Crippen LogP contribution < -0.4 is 10.0 Å². The molecule has 0 unspecified atom stereocenters. The number of phenols is 1. The Balaban J connectivity index is 1.18. The minimum absolute atomic E-state index is 0.0121. The first-order chi connectivity index (χ1) is 21.9. The minimum atomic E-state index is -3.74. The SMILES string of the molecule is CCOC(=O)c1cc2ccccc2n1-c1ccc(S(=O)(=O)N2CCC(CNC[C@@H](O)c3ccc(O)c(NS(C)(=O)=O)c3)CC2)cc1. The van der Waals surface area contributed by atoms with Gasteiger partial charge in [0.15, 0.2) is 0 Å². The number of fused-ring (bicyclic) bond motifs is 1. The van der Waals surface area contributed by atoms with Crippen molar-refractivity contribution in [1.82, 2.24) is 14.2 Å². The average Bonchev–Trinajstić information content (AvgIpc) is 3.42. The number of anilines is 1. The zero-order chi connectivity index (χ0) is 33.1. The molecule has 1 aliphatic heterocycles. The van der Waals surface area contributed by atoms with Crippen LogP contribution in [0.5, 0.6) is 5.75 Å². The normalized spacial score (nSPS) is 15.5. The summed E-state index contributed by atoms with van der Waals surface area (Å²) in [4.78, 5) is 12.9. The van der Waals surface area contributed by atoms with E-state index in [-0.39, 0.29) is 35.4 Å². The van der Waals surface area contributed by atoms with Gasteiger partial charge in [0.2, 0.25) is 20.0 Å². The van der Waals surface area contributed by atoms with Crippen LogP contribution in [0.25, 0.3) is 16.6 Å². The Kier molecular flexibility index (Phi) is 10.0. The molecule has 0 radical (unpaired) electrons. The third-order valence-electron chi connectivity index (χ3n) is 7.97. The number of hydrogen-bond donors (Lipinski definition) is 4. The second kappa shape index (κ2) is 13.8. The number of hydrogen-bond acceptors (Lipinski definition) is 9. The third kappa shape index (κ3) is 7.53. The van der Waals surface area contributed by atoms with Gasteiger partial charge < -0.3 is 24.8 Å². The van der Waals surface area contributed by atoms with Crippen molar-refractivity contribution in [2.24, 2.45) is 5.92 Å². The maximum Gasteiger partial charge on any atom is 0.355 e. The van der Waals surface area contributed by atoms with Crippen molar-refractivity contribution < 1.29 is 36.6 Å². The van der Waals surface area contributed by atoms with E-state index >= 15 is 0 Å². The molecule has 2 heterocycles. The third-order valence-corrected chi connectivity index (χ3v) is 10.5. The first-order valence-electron chi connectivity index (χ1n) is 14.9. The van der Waals surface area contributed by atoms with E-state index in [4.69, 9.17) is 4.74 Å². The molecule has 5 rings (SSSR count). The van der Waals surface area contributed by atoms with Gasteiger partial charge in [-0.3, -0.25) is 4.72 Å². The van der Waals surface area contributed by atoms with Gasteiger partial charge in [0.1, 0.15) is 11.4 Å². The van der Waals surface area contributed by atoms with Crippen LogP contribution >= 0.6 is 0 Å². The van der Waals surface area contributed by atoms with Gasteiger partial charge >= 0.3 is 5.97 Å². The van der Waals surface area contributed by atoms with E-state index in [0.717, 1.165) is 17.2 Å². The molecule has 4 N–H and O–H groups in total. The number of phenolic OH excluding ortho intramolecular Hbond substituents is 1. The number of aromatic hydroxyl groups is 1. The van der Waals surface area contributed by atoms with Crippen molar-refractivity contribution in [2.45, 2.75) is 30.8 Å². The summed E-state index contributed by atoms with van der Waals surface area (Å²) in [5, 5.41) is 24.6. The number of ether oxygens (including phenoxy) is 1. The summed E-state index contributed by atoms with van der Waals surface area (Å²) < 4.78 is 60.8. The number of para-hydroxylation sites is 1. The predicted octanol–water partition coefficient (Wildman–Crippen LogP) is 3.61. The summed E-state index contributed by atoms with van der Waals surface area (Å²) >= 11 is 0. The predicted molar refractivity (Wildman–Crippen MR) is 175 cm³/mol. The highest BCUT2D eigenvalue weighted by atomic mass is 32.2. The van der Waals surface area contributed by atoms with E-state index in [1.54, 1.807) is 41.8 Å². The van der Waals surface area contributed by atoms with Crippen LogP contribution in [0.2, 0.25) is 0 Å². The zero-order valence-corrected chi connectivity index (χ0v) is 27.2. The lowest BCUT2D eigenvalue weighted by atomic mass is 9.98. The van der Waals surface area contributed by atoms with Crippen LogP contribution in [0.3, 0.4) is 0 Å². The summed E-state index contributed by atoms with van der Waals surface area (Å²) in [5.41, 5.74) is 2.23. The molecule has 246 valence electrons. The maximum absolute atomic E-state index is 13.5. The molecule has 1 aliphatic rings. The fourth-order valence-electron chi connectivity index (χ4n) is 5.64. The first-order valence-corrected chi connectivity index (χ1v) is 18.3. The van der Waals surface area contributed by atoms with Gasteiger partial charge in [-0.2, -0.15) is 4.31 Å². The van der Waals surface area contributed by atoms with E-state index < -0.39 is 32.1 Å². The molecule has 4 aromatic rings. The van der Waals surface area contributed by atoms with E-state index in [1.165, 1.54) is 22.5 Å². The number of esters is 1. The number of benzene rings is 3. The summed E-state index contributed by atoms with van der Waals surface area (Å²) in [7, 11) is -7.34. The number of aliphatic hydroxyl groups excluding tert-OH is 1. The summed E-state index contributed by atoms with van der Waals surface area (Å²) in [6.07, 6.45) is 1.31. The number of rotatable bonds is 12. The van der Waals surface area contributed by atoms with Gasteiger partial charge in [-0.15, -0.1) is 0 Å². The Labute approximate surface area is 268 Å². The smallest absolute Gasteiger partial charge is 0.355 e. The number of nitrogens with one attached hydrogen (secondary N) is 2. The Morgan fingerprint density at radius 3 is 2.37 bits per heavy atom. The molecule has 1 fully saturated rings. The monoisotopic (exact) mass is 670 g/mol. The Morgan fingerprint density at radius 1 is 1.00 bits per heavy atom. The Morgan fingerprint density at radius 2 is 1.70 bits per heavy atom. The number of carbonyl (C=O) groups excluding carboxylic acids is 1. The Hall–Kier alpha value is -3.95. The number of carbonyl (C=O) groups is 1. The second-order valence-corrected chi connectivity index (χ2v) is 15.0. The van der Waals surface area contributed by atoms with Gasteiger partial charge in [0, 0.05) is 30.7 Å². The van der Waals surface area contributed by atoms with Crippen molar-refractivity contribution in [2.75, 3.05) is 43.8 Å². The van der Waals surface area contributed by atoms with Gasteiger partial charge in [0.05, 0.1) is 35.1 Å². The first kappa shape index (κ1) is 33.4. The molecule has 0 amide bonds. The highest BCUT2D eigenvalue weighted by Gasteiger charge is 2.30. The van der Waals surface area contributed by atoms with Crippen LogP contribution in [-0.4, -0.2) is 80.9 Å². The summed E-state index contributed by atoms with van der Waals surface area (Å²) in [6.45, 7) is 3.45. The number of piperidine rings is 1. The lowest BCUT2D eigenvalue weighted by molar-refractivity contribution is 0.0517. The molecule has 3 aromatic carbocycles. The molecule has 0 saturated carbocycles. The highest BCUT2D eigenvalue weighted by molar-refractivity contribution is 7.92. The molecule has 14 heteroatoms. The van der Waals surface area contributed by atoms with Gasteiger partial charge in [0.25, 0.3) is 0 Å². The van der Waals surface area contributed by atoms with Crippen molar-refractivity contribution in [1.29, 1.82) is 0 Å². The van der Waals surface area contributed by atoms with Crippen LogP contribution in [0.15, 0.2) is 77.7 Å². The van der Waals surface area contributed by atoms with Crippen molar-refractivity contribution in [3.63, 3.8) is 0 Å². The van der Waals surface area contributed by atoms with E-state index in [9.17, 15) is 31.8 Å². The number of aliphatic hydroxyl groups is 1. The van der Waals surface area contributed by atoms with Crippen molar-refractivity contribution >= 4 is 42.6 Å². The van der Waals surface area contributed by atoms with Crippen molar-refractivity contribution in [3.8, 4) is 11.4 Å². The molecule has 0 bridgehead atoms. The molecule has 46 heavy (non-hydrogen) atoms. The van der Waals surface area contributed by atoms with Crippen LogP contribution in [0.1, 0.15) is 41.9 Å². The molecule has 1 saturated heterocycles. The van der Waals surface area contributed by atoms with E-state index in [0.29, 0.717) is 49.4 Å². The molecule has 12 nitrogen and oxygen atoms in total. The second-order valence-electron chi connectivity index (χ2n) is 11.3. The fraction of sp³-hybridized carbons (Fsp3) is 0.344. The lowest BCUT2D eigenvalue weighted by Crippen LogP contribution is -2.41. The molecule has 1 aromatic heterocycles. The zero-order valence-electron chi connectivity index (χ0n) is 25.6. The Bertz CT molecular complexity index is 1920. The fourth-order valence-corrected chi connectivity index (χ4v) is 7.68. The number of aromatic nitrogens is 1. The molecule has 0 spiro atoms. The van der Waals surface area contributed by atoms with Gasteiger partial charge in [-0.1, -0.05) is 24.3 Å². The van der Waals surface area contributed by atoms with Crippen LogP contribution in [0, 0.1) is 5.92 Å². The average molecular weight is 671 g/mol. The topological polar surface area (TPSA) is 167 Å². The quantitative estimate of drug-likeness (QED) is 0.130. The number of sulfonamides is 2. The number of nitrogens with zero attached hydrogens (tertiary/aromatic N) is 2. The molecular formula is C32H38N4O8S2. The molecule has 1 atom stereocenters. The van der Waals surface area contributed by atoms with Gasteiger partial charge in [-0.05, 0) is 86.3 Å². The molecule has 0 aliphatic carbocycles. The van der Waals surface area contributed by atoms with Crippen LogP contribution in [0.4, 0.5) is 5.69 Å². The minimum Gasteiger partial charge on any atom is -0.506 e. The van der Waals surface area contributed by atoms with Crippen LogP contribution in [-0.2, 0) is 24.8 Å². The largest absolute Gasteiger partial charge is 0.506 e. The standard InChI is InChI=1S/C32H38N4O8S2/c1-3-44-32(39)29-19-23-6-4-5-7-28(23)36(29)25-9-11-26(12-10-25)46(42,43)35-16-14-22(15-17-35)20-33-21-31(38)24-8-13-30(37)27(18-24)34-45(2,40)41/h4-13,18-19,22,31,33-34,37-38H,3,14-17,20-21H2,1-2H3/t31-/m1/s1.